The number of aryl methyl sites for hydroxylation is 1. The Balaban J connectivity index is 3.05. The van der Waals surface area contributed by atoms with E-state index in [4.69, 9.17) is 9.84 Å². The number of carbonyl (C=O) groups is 1. The fourth-order valence-corrected chi connectivity index (χ4v) is 1.19. The zero-order chi connectivity index (χ0) is 10.7. The number of carboxylic acids is 1. The number of aliphatic carboxylic acids is 1. The predicted molar refractivity (Wildman–Crippen MR) is 49.2 cm³/mol. The quantitative estimate of drug-likeness (QED) is 0.808. The third-order valence-electron chi connectivity index (χ3n) is 1.97. The minimum Gasteiger partial charge on any atom is -0.497 e. The first-order valence-electron chi connectivity index (χ1n) is 4.07. The van der Waals surface area contributed by atoms with E-state index in [-0.39, 0.29) is 5.56 Å². The van der Waals surface area contributed by atoms with Gasteiger partial charge in [-0.1, -0.05) is 6.07 Å². The summed E-state index contributed by atoms with van der Waals surface area (Å²) in [5, 5.41) is 8.48. The van der Waals surface area contributed by atoms with Crippen molar-refractivity contribution in [2.75, 3.05) is 7.11 Å². The summed E-state index contributed by atoms with van der Waals surface area (Å²) in [6.45, 7) is 1.65. The second-order valence-electron chi connectivity index (χ2n) is 2.92. The number of hydrogen-bond donors (Lipinski definition) is 1. The summed E-state index contributed by atoms with van der Waals surface area (Å²) in [5.41, 5.74) is 0.734. The van der Waals surface area contributed by atoms with Crippen molar-refractivity contribution in [1.82, 2.24) is 0 Å². The summed E-state index contributed by atoms with van der Waals surface area (Å²) in [4.78, 5) is 10.4. The molecule has 14 heavy (non-hydrogen) atoms. The van der Waals surface area contributed by atoms with Crippen molar-refractivity contribution in [3.05, 3.63) is 29.3 Å². The molecule has 0 radical (unpaired) electrons. The van der Waals surface area contributed by atoms with Crippen LogP contribution in [0.2, 0.25) is 0 Å². The van der Waals surface area contributed by atoms with Gasteiger partial charge in [-0.2, -0.15) is 0 Å². The van der Waals surface area contributed by atoms with E-state index in [2.05, 4.69) is 0 Å². The van der Waals surface area contributed by atoms with Crippen LogP contribution in [0.3, 0.4) is 0 Å². The Labute approximate surface area is 81.1 Å². The lowest BCUT2D eigenvalue weighted by atomic mass is 10.0. The van der Waals surface area contributed by atoms with Gasteiger partial charge in [0.1, 0.15) is 5.75 Å². The van der Waals surface area contributed by atoms with Crippen LogP contribution in [0.15, 0.2) is 18.2 Å². The van der Waals surface area contributed by atoms with Crippen LogP contribution in [0.25, 0.3) is 0 Å². The Kier molecular flexibility index (Phi) is 3.06. The lowest BCUT2D eigenvalue weighted by Gasteiger charge is -2.08. The van der Waals surface area contributed by atoms with Gasteiger partial charge < -0.3 is 9.84 Å². The monoisotopic (exact) mass is 198 g/mol. The van der Waals surface area contributed by atoms with E-state index in [1.54, 1.807) is 13.0 Å². The molecule has 1 N–H and O–H groups in total. The average Bonchev–Trinajstić information content (AvgIpc) is 2.16. The van der Waals surface area contributed by atoms with Crippen LogP contribution < -0.4 is 4.74 Å². The molecule has 0 amide bonds. The molecule has 0 aliphatic carbocycles. The summed E-state index contributed by atoms with van der Waals surface area (Å²) in [6.07, 6.45) is -1.97. The molecule has 0 aliphatic heterocycles. The Morgan fingerprint density at radius 2 is 2.21 bits per heavy atom. The van der Waals surface area contributed by atoms with Crippen LogP contribution in [0, 0.1) is 6.92 Å². The normalized spacial score (nSPS) is 12.2. The Bertz CT molecular complexity index is 349. The molecule has 0 spiro atoms. The number of ether oxygens (including phenoxy) is 1. The topological polar surface area (TPSA) is 46.5 Å². The SMILES string of the molecule is COc1ccc(C(F)C(=O)O)c(C)c1. The maximum atomic E-state index is 13.1. The van der Waals surface area contributed by atoms with Gasteiger partial charge in [-0.15, -0.1) is 0 Å². The fraction of sp³-hybridized carbons (Fsp3) is 0.300. The summed E-state index contributed by atoms with van der Waals surface area (Å²) in [6, 6.07) is 4.57. The van der Waals surface area contributed by atoms with Crippen LogP contribution in [-0.2, 0) is 4.79 Å². The van der Waals surface area contributed by atoms with Crippen LogP contribution >= 0.6 is 0 Å². The minimum atomic E-state index is -1.97. The number of rotatable bonds is 3. The molecule has 0 bridgehead atoms. The zero-order valence-electron chi connectivity index (χ0n) is 7.95. The molecule has 4 heteroatoms. The third kappa shape index (κ3) is 2.02. The van der Waals surface area contributed by atoms with Crippen molar-refractivity contribution in [3.63, 3.8) is 0 Å². The first kappa shape index (κ1) is 10.5. The third-order valence-corrected chi connectivity index (χ3v) is 1.97. The smallest absolute Gasteiger partial charge is 0.343 e. The number of alkyl halides is 1. The van der Waals surface area contributed by atoms with Gasteiger partial charge in [0.2, 0.25) is 6.17 Å². The lowest BCUT2D eigenvalue weighted by molar-refractivity contribution is -0.143. The van der Waals surface area contributed by atoms with Gasteiger partial charge >= 0.3 is 5.97 Å². The summed E-state index contributed by atoms with van der Waals surface area (Å²) in [7, 11) is 1.50. The largest absolute Gasteiger partial charge is 0.497 e. The molecular formula is C10H11FO3. The van der Waals surface area contributed by atoms with E-state index in [9.17, 15) is 9.18 Å². The van der Waals surface area contributed by atoms with Crippen molar-refractivity contribution in [2.24, 2.45) is 0 Å². The number of hydrogen-bond acceptors (Lipinski definition) is 2. The van der Waals surface area contributed by atoms with Gasteiger partial charge in [0.25, 0.3) is 0 Å². The molecule has 76 valence electrons. The van der Waals surface area contributed by atoms with Gasteiger partial charge in [0, 0.05) is 5.56 Å². The molecule has 3 nitrogen and oxygen atoms in total. The highest BCUT2D eigenvalue weighted by molar-refractivity contribution is 5.74. The molecule has 1 atom stereocenters. The van der Waals surface area contributed by atoms with Gasteiger partial charge in [0.15, 0.2) is 0 Å². The summed E-state index contributed by atoms with van der Waals surface area (Å²) in [5.74, 6) is -0.887. The Morgan fingerprint density at radius 3 is 2.64 bits per heavy atom. The van der Waals surface area contributed by atoms with Crippen molar-refractivity contribution in [3.8, 4) is 5.75 Å². The van der Waals surface area contributed by atoms with Gasteiger partial charge in [0.05, 0.1) is 7.11 Å². The Hall–Kier alpha value is -1.58. The second-order valence-corrected chi connectivity index (χ2v) is 2.92. The van der Waals surface area contributed by atoms with Crippen LogP contribution in [-0.4, -0.2) is 18.2 Å². The molecule has 0 saturated carbocycles. The lowest BCUT2D eigenvalue weighted by Crippen LogP contribution is -2.07. The van der Waals surface area contributed by atoms with Gasteiger partial charge in [-0.3, -0.25) is 0 Å². The zero-order valence-corrected chi connectivity index (χ0v) is 7.95. The standard InChI is InChI=1S/C10H11FO3/c1-6-5-7(14-2)3-4-8(6)9(11)10(12)13/h3-5,9H,1-2H3,(H,12,13). The highest BCUT2D eigenvalue weighted by Gasteiger charge is 2.20. The fourth-order valence-electron chi connectivity index (χ4n) is 1.19. The molecule has 0 aromatic heterocycles. The summed E-state index contributed by atoms with van der Waals surface area (Å²) >= 11 is 0. The maximum absolute atomic E-state index is 13.1. The van der Waals surface area contributed by atoms with E-state index in [0.29, 0.717) is 11.3 Å². The molecule has 0 aliphatic rings. The predicted octanol–water partition coefficient (Wildman–Crippen LogP) is 2.10. The first-order chi connectivity index (χ1) is 6.56. The highest BCUT2D eigenvalue weighted by Crippen LogP contribution is 2.24. The van der Waals surface area contributed by atoms with Gasteiger partial charge in [-0.05, 0) is 24.6 Å². The maximum Gasteiger partial charge on any atom is 0.343 e. The molecule has 0 fully saturated rings. The molecule has 1 aromatic carbocycles. The van der Waals surface area contributed by atoms with Crippen LogP contribution in [0.1, 0.15) is 17.3 Å². The number of methoxy groups -OCH3 is 1. The van der Waals surface area contributed by atoms with Crippen molar-refractivity contribution in [2.45, 2.75) is 13.1 Å². The minimum absolute atomic E-state index is 0.165. The molecule has 1 rings (SSSR count). The highest BCUT2D eigenvalue weighted by atomic mass is 19.1. The Morgan fingerprint density at radius 1 is 1.57 bits per heavy atom. The van der Waals surface area contributed by atoms with Crippen molar-refractivity contribution < 1.29 is 19.0 Å². The number of carboxylic acid groups (broad SMARTS) is 1. The van der Waals surface area contributed by atoms with E-state index in [1.807, 2.05) is 0 Å². The van der Waals surface area contributed by atoms with E-state index < -0.39 is 12.1 Å². The van der Waals surface area contributed by atoms with E-state index in [1.165, 1.54) is 19.2 Å². The van der Waals surface area contributed by atoms with Gasteiger partial charge in [-0.25, -0.2) is 9.18 Å². The number of benzene rings is 1. The second kappa shape index (κ2) is 4.09. The van der Waals surface area contributed by atoms with E-state index in [0.717, 1.165) is 0 Å². The van der Waals surface area contributed by atoms with Crippen molar-refractivity contribution >= 4 is 5.97 Å². The van der Waals surface area contributed by atoms with Crippen LogP contribution in [0.4, 0.5) is 4.39 Å². The first-order valence-corrected chi connectivity index (χ1v) is 4.07. The molecule has 0 saturated heterocycles. The molecular weight excluding hydrogens is 187 g/mol. The number of halogens is 1. The average molecular weight is 198 g/mol. The van der Waals surface area contributed by atoms with Crippen molar-refractivity contribution in [1.29, 1.82) is 0 Å². The summed E-state index contributed by atoms with van der Waals surface area (Å²) < 4.78 is 18.0. The molecule has 0 heterocycles. The molecule has 1 aromatic rings. The van der Waals surface area contributed by atoms with Crippen LogP contribution in [0.5, 0.6) is 5.75 Å². The van der Waals surface area contributed by atoms with E-state index >= 15 is 0 Å². The molecule has 1 unspecified atom stereocenters.